The smallest absolute Gasteiger partial charge is 0 e. The van der Waals surface area contributed by atoms with Crippen LogP contribution in [0.2, 0.25) is 0 Å². The standard InChI is InChI=1S/Ce.La.Pd.Pt. The summed E-state index contributed by atoms with van der Waals surface area (Å²) in [4.78, 5) is 0. The number of hydrogen-bond acceptors (Lipinski definition) is 0. The van der Waals surface area contributed by atoms with Gasteiger partial charge in [-0.15, -0.1) is 0 Å². The predicted octanol–water partition coefficient (Wildman–Crippen LogP) is -0.00500. The Balaban J connectivity index is 0. The number of hydrogen-bond donors (Lipinski definition) is 0. The minimum absolute atomic E-state index is 0. The molecule has 0 aliphatic carbocycles. The van der Waals surface area contributed by atoms with Crippen LogP contribution in [0.25, 0.3) is 0 Å². The van der Waals surface area contributed by atoms with Crippen LogP contribution in [-0.2, 0) is 41.5 Å². The van der Waals surface area contributed by atoms with Gasteiger partial charge in [0.2, 0.25) is 0 Å². The van der Waals surface area contributed by atoms with Crippen molar-refractivity contribution in [3.63, 3.8) is 0 Å². The Bertz CT molecular complexity index is 8.00. The Morgan fingerprint density at radius 3 is 1.00 bits per heavy atom. The van der Waals surface area contributed by atoms with Gasteiger partial charge < -0.3 is 0 Å². The van der Waals surface area contributed by atoms with Crippen molar-refractivity contribution in [3.8, 4) is 0 Å². The van der Waals surface area contributed by atoms with E-state index >= 15 is 0 Å². The van der Waals surface area contributed by atoms with Crippen LogP contribution in [-0.4, -0.2) is 0 Å². The van der Waals surface area contributed by atoms with Crippen molar-refractivity contribution in [1.82, 2.24) is 0 Å². The van der Waals surface area contributed by atoms with Gasteiger partial charge in [-0.2, -0.15) is 0 Å². The van der Waals surface area contributed by atoms with E-state index < -0.39 is 0 Å². The molecule has 0 saturated carbocycles. The fraction of sp³-hybridized carbons (Fsp3) is 0. The van der Waals surface area contributed by atoms with E-state index in [2.05, 4.69) is 0 Å². The van der Waals surface area contributed by atoms with Gasteiger partial charge in [-0.25, -0.2) is 0 Å². The van der Waals surface area contributed by atoms with E-state index in [0.29, 0.717) is 0 Å². The van der Waals surface area contributed by atoms with E-state index in [4.69, 9.17) is 0 Å². The summed E-state index contributed by atoms with van der Waals surface area (Å²) in [6.07, 6.45) is 0. The zero-order chi connectivity index (χ0) is 0. The van der Waals surface area contributed by atoms with Crippen LogP contribution in [0.3, 0.4) is 0 Å². The maximum absolute atomic E-state index is 0. The van der Waals surface area contributed by atoms with Gasteiger partial charge in [-0.1, -0.05) is 0 Å². The van der Waals surface area contributed by atoms with Gasteiger partial charge in [0.05, 0.1) is 0 Å². The molecule has 0 aliphatic heterocycles. The van der Waals surface area contributed by atoms with E-state index in [1.807, 2.05) is 0 Å². The molecule has 0 amide bonds. The first-order valence-electron chi connectivity index (χ1n) is 0. The third-order valence-corrected chi connectivity index (χ3v) is 0. The second kappa shape index (κ2) is 15.8. The quantitative estimate of drug-likeness (QED) is 0.354. The maximum Gasteiger partial charge on any atom is 0 e. The van der Waals surface area contributed by atoms with Gasteiger partial charge in [-0.05, 0) is 0 Å². The molecule has 0 aliphatic rings. The van der Waals surface area contributed by atoms with Crippen molar-refractivity contribution in [3.05, 3.63) is 0 Å². The molecule has 0 rings (SSSR count). The van der Waals surface area contributed by atoms with Crippen molar-refractivity contribution in [2.75, 3.05) is 0 Å². The van der Waals surface area contributed by atoms with E-state index in [9.17, 15) is 0 Å². The minimum Gasteiger partial charge on any atom is 0 e. The second-order valence-electron chi connectivity index (χ2n) is 0. The summed E-state index contributed by atoms with van der Waals surface area (Å²) in [5.74, 6) is 0. The van der Waals surface area contributed by atoms with E-state index in [-0.39, 0.29) is 119 Å². The third kappa shape index (κ3) is 9.33. The van der Waals surface area contributed by atoms with Crippen LogP contribution in [0, 0.1) is 77.3 Å². The molecule has 0 nitrogen and oxygen atoms in total. The molecular formula is CeLaPdPt. The first-order valence-corrected chi connectivity index (χ1v) is 0. The fourth-order valence-corrected chi connectivity index (χ4v) is 0. The summed E-state index contributed by atoms with van der Waals surface area (Å²) >= 11 is 0. The van der Waals surface area contributed by atoms with E-state index in [0.717, 1.165) is 0 Å². The Morgan fingerprint density at radius 2 is 1.00 bits per heavy atom. The monoisotopic (exact) mass is 580 g/mol. The summed E-state index contributed by atoms with van der Waals surface area (Å²) in [6.45, 7) is 0. The Kier molecular flexibility index (Phi) is 97.4. The van der Waals surface area contributed by atoms with Crippen LogP contribution < -0.4 is 0 Å². The minimum atomic E-state index is 0. The maximum atomic E-state index is 0. The molecular weight excluding hydrogens is 581 g/mol. The molecule has 27 valence electrons. The van der Waals surface area contributed by atoms with Crippen LogP contribution in [0.4, 0.5) is 0 Å². The second-order valence-corrected chi connectivity index (χ2v) is 0. The van der Waals surface area contributed by atoms with Gasteiger partial charge in [0.1, 0.15) is 0 Å². The van der Waals surface area contributed by atoms with Gasteiger partial charge in [0, 0.05) is 119 Å². The summed E-state index contributed by atoms with van der Waals surface area (Å²) in [5, 5.41) is 0. The van der Waals surface area contributed by atoms with Gasteiger partial charge >= 0.3 is 0 Å². The summed E-state index contributed by atoms with van der Waals surface area (Å²) in [6, 6.07) is 0. The van der Waals surface area contributed by atoms with Gasteiger partial charge in [-0.3, -0.25) is 0 Å². The van der Waals surface area contributed by atoms with Crippen LogP contribution in [0.5, 0.6) is 0 Å². The van der Waals surface area contributed by atoms with Crippen LogP contribution in [0.1, 0.15) is 0 Å². The molecule has 0 aromatic carbocycles. The summed E-state index contributed by atoms with van der Waals surface area (Å²) < 4.78 is 0. The molecule has 0 saturated heterocycles. The molecule has 0 atom stereocenters. The normalized spacial score (nSPS) is 0. The molecule has 0 N–H and O–H groups in total. The number of rotatable bonds is 0. The molecule has 4 heteroatoms. The van der Waals surface area contributed by atoms with Crippen molar-refractivity contribution < 1.29 is 119 Å². The van der Waals surface area contributed by atoms with Gasteiger partial charge in [0.25, 0.3) is 0 Å². The molecule has 0 aromatic heterocycles. The summed E-state index contributed by atoms with van der Waals surface area (Å²) in [7, 11) is 0. The van der Waals surface area contributed by atoms with E-state index in [1.165, 1.54) is 0 Å². The zero-order valence-electron chi connectivity index (χ0n) is 1.71. The molecule has 0 heterocycles. The Labute approximate surface area is 116 Å². The zero-order valence-corrected chi connectivity index (χ0v) is 12.3. The van der Waals surface area contributed by atoms with Crippen molar-refractivity contribution in [2.24, 2.45) is 0 Å². The van der Waals surface area contributed by atoms with Crippen molar-refractivity contribution >= 4 is 0 Å². The first-order chi connectivity index (χ1) is 0. The molecule has 0 aromatic rings. The van der Waals surface area contributed by atoms with Crippen LogP contribution in [0.15, 0.2) is 0 Å². The molecule has 0 bridgehead atoms. The topological polar surface area (TPSA) is 0 Å². The Morgan fingerprint density at radius 1 is 1.00 bits per heavy atom. The third-order valence-electron chi connectivity index (χ3n) is 0. The van der Waals surface area contributed by atoms with Gasteiger partial charge in [0.15, 0.2) is 0 Å². The average molecular weight is 581 g/mol. The molecule has 0 spiro atoms. The molecule has 4 heavy (non-hydrogen) atoms. The summed E-state index contributed by atoms with van der Waals surface area (Å²) in [5.41, 5.74) is 0. The molecule has 1 radical (unpaired) electrons. The van der Waals surface area contributed by atoms with Crippen LogP contribution >= 0.6 is 0 Å². The predicted molar refractivity (Wildman–Crippen MR) is 0 cm³/mol. The fourth-order valence-electron chi connectivity index (χ4n) is 0. The molecule has 0 fully saturated rings. The average Bonchev–Trinajstić information content (AvgIpc) is 0. The van der Waals surface area contributed by atoms with E-state index in [1.54, 1.807) is 0 Å². The largest absolute Gasteiger partial charge is 0 e. The first kappa shape index (κ1) is 24.7. The Hall–Kier alpha value is 3.92. The van der Waals surface area contributed by atoms with Crippen molar-refractivity contribution in [1.29, 1.82) is 0 Å². The molecule has 0 unspecified atom stereocenters. The SMILES string of the molecule is [Ce].[La].[Pd].[Pt]. The van der Waals surface area contributed by atoms with Crippen molar-refractivity contribution in [2.45, 2.75) is 0 Å².